The first kappa shape index (κ1) is 14.9. The van der Waals surface area contributed by atoms with Crippen LogP contribution in [-0.4, -0.2) is 10.9 Å². The molecule has 1 aromatic heterocycles. The van der Waals surface area contributed by atoms with Crippen LogP contribution < -0.4 is 5.32 Å². The number of carbonyl (C=O) groups is 1. The molecular weight excluding hydrogens is 262 g/mol. The van der Waals surface area contributed by atoms with Gasteiger partial charge in [0.1, 0.15) is 0 Å². The predicted octanol–water partition coefficient (Wildman–Crippen LogP) is 3.73. The van der Waals surface area contributed by atoms with Gasteiger partial charge in [-0.25, -0.2) is 0 Å². The molecule has 21 heavy (non-hydrogen) atoms. The Morgan fingerprint density at radius 2 is 1.95 bits per heavy atom. The first-order valence-electron chi connectivity index (χ1n) is 7.03. The molecule has 0 saturated carbocycles. The molecule has 2 N–H and O–H groups in total. The number of nitriles is 1. The van der Waals surface area contributed by atoms with Gasteiger partial charge in [-0.2, -0.15) is 5.26 Å². The molecule has 1 aromatic carbocycles. The van der Waals surface area contributed by atoms with E-state index in [0.717, 1.165) is 22.6 Å². The third-order valence-electron chi connectivity index (χ3n) is 3.09. The topological polar surface area (TPSA) is 68.7 Å². The Balaban J connectivity index is 2.04. The lowest BCUT2D eigenvalue weighted by Crippen LogP contribution is -2.13. The minimum absolute atomic E-state index is 0.0360. The summed E-state index contributed by atoms with van der Waals surface area (Å²) in [5, 5.41) is 11.6. The molecule has 4 nitrogen and oxygen atoms in total. The maximum Gasteiger partial charge on any atom is 0.224 e. The molecule has 0 fully saturated rings. The first-order valence-corrected chi connectivity index (χ1v) is 7.03. The van der Waals surface area contributed by atoms with Crippen molar-refractivity contribution in [1.82, 2.24) is 4.98 Å². The standard InChI is InChI=1S/C17H19N3O/c1-12(2)11-17(21)20-14-5-3-13(4-6-14)16-8-7-15(19-16)9-10-18/h3-8,12,19H,9,11H2,1-2H3,(H,20,21). The number of rotatable bonds is 5. The maximum atomic E-state index is 11.7. The van der Waals surface area contributed by atoms with E-state index in [4.69, 9.17) is 5.26 Å². The highest BCUT2D eigenvalue weighted by Gasteiger charge is 2.06. The lowest BCUT2D eigenvalue weighted by atomic mass is 10.1. The van der Waals surface area contributed by atoms with Crippen LogP contribution in [0.4, 0.5) is 5.69 Å². The molecule has 0 aliphatic carbocycles. The smallest absolute Gasteiger partial charge is 0.224 e. The van der Waals surface area contributed by atoms with Crippen molar-refractivity contribution in [2.24, 2.45) is 5.92 Å². The Bertz CT molecular complexity index is 647. The van der Waals surface area contributed by atoms with E-state index >= 15 is 0 Å². The molecule has 0 spiro atoms. The van der Waals surface area contributed by atoms with Gasteiger partial charge in [0.2, 0.25) is 5.91 Å². The normalized spacial score (nSPS) is 10.4. The van der Waals surface area contributed by atoms with Crippen LogP contribution in [0.5, 0.6) is 0 Å². The Morgan fingerprint density at radius 3 is 2.57 bits per heavy atom. The van der Waals surface area contributed by atoms with Crippen LogP contribution in [0.2, 0.25) is 0 Å². The number of hydrogen-bond acceptors (Lipinski definition) is 2. The number of nitrogens with one attached hydrogen (secondary N) is 2. The molecule has 2 rings (SSSR count). The second-order valence-electron chi connectivity index (χ2n) is 5.46. The fraction of sp³-hybridized carbons (Fsp3) is 0.294. The Labute approximate surface area is 124 Å². The maximum absolute atomic E-state index is 11.7. The summed E-state index contributed by atoms with van der Waals surface area (Å²) < 4.78 is 0. The molecule has 0 aliphatic rings. The van der Waals surface area contributed by atoms with Crippen LogP contribution in [0.1, 0.15) is 26.0 Å². The number of aromatic amines is 1. The summed E-state index contributed by atoms with van der Waals surface area (Å²) in [6.45, 7) is 4.04. The molecule has 2 aromatic rings. The van der Waals surface area contributed by atoms with Crippen molar-refractivity contribution in [3.63, 3.8) is 0 Å². The monoisotopic (exact) mass is 281 g/mol. The van der Waals surface area contributed by atoms with Gasteiger partial charge < -0.3 is 10.3 Å². The van der Waals surface area contributed by atoms with Gasteiger partial charge in [0.25, 0.3) is 0 Å². The summed E-state index contributed by atoms with van der Waals surface area (Å²) in [5.41, 5.74) is 3.70. The summed E-state index contributed by atoms with van der Waals surface area (Å²) >= 11 is 0. The number of carbonyl (C=O) groups excluding carboxylic acids is 1. The van der Waals surface area contributed by atoms with Crippen LogP contribution in [0.25, 0.3) is 11.3 Å². The quantitative estimate of drug-likeness (QED) is 0.876. The molecule has 0 atom stereocenters. The van der Waals surface area contributed by atoms with Crippen LogP contribution in [0, 0.1) is 17.2 Å². The molecule has 0 unspecified atom stereocenters. The van der Waals surface area contributed by atoms with E-state index in [-0.39, 0.29) is 5.91 Å². The zero-order valence-electron chi connectivity index (χ0n) is 12.3. The second-order valence-corrected chi connectivity index (χ2v) is 5.46. The fourth-order valence-corrected chi connectivity index (χ4v) is 2.11. The molecule has 0 aliphatic heterocycles. The number of benzene rings is 1. The highest BCUT2D eigenvalue weighted by atomic mass is 16.1. The Morgan fingerprint density at radius 1 is 1.24 bits per heavy atom. The molecule has 1 heterocycles. The van der Waals surface area contributed by atoms with Crippen LogP contribution >= 0.6 is 0 Å². The molecule has 0 saturated heterocycles. The van der Waals surface area contributed by atoms with E-state index in [1.807, 2.05) is 50.2 Å². The van der Waals surface area contributed by atoms with E-state index in [1.54, 1.807) is 0 Å². The van der Waals surface area contributed by atoms with E-state index in [9.17, 15) is 4.79 Å². The van der Waals surface area contributed by atoms with E-state index in [0.29, 0.717) is 18.8 Å². The number of aromatic nitrogens is 1. The molecule has 108 valence electrons. The highest BCUT2D eigenvalue weighted by molar-refractivity contribution is 5.91. The van der Waals surface area contributed by atoms with Crippen LogP contribution in [0.3, 0.4) is 0 Å². The predicted molar refractivity (Wildman–Crippen MR) is 83.6 cm³/mol. The van der Waals surface area contributed by atoms with Gasteiger partial charge in [-0.05, 0) is 35.7 Å². The number of nitrogens with zero attached hydrogens (tertiary/aromatic N) is 1. The number of anilines is 1. The van der Waals surface area contributed by atoms with E-state index < -0.39 is 0 Å². The van der Waals surface area contributed by atoms with Gasteiger partial charge in [0, 0.05) is 23.5 Å². The Kier molecular flexibility index (Phi) is 4.78. The van der Waals surface area contributed by atoms with Crippen molar-refractivity contribution in [3.8, 4) is 17.3 Å². The van der Waals surface area contributed by atoms with Gasteiger partial charge >= 0.3 is 0 Å². The van der Waals surface area contributed by atoms with Crippen molar-refractivity contribution < 1.29 is 4.79 Å². The summed E-state index contributed by atoms with van der Waals surface area (Å²) in [6, 6.07) is 13.7. The van der Waals surface area contributed by atoms with Gasteiger partial charge in [0.15, 0.2) is 0 Å². The first-order chi connectivity index (χ1) is 10.1. The summed E-state index contributed by atoms with van der Waals surface area (Å²) in [5.74, 6) is 0.385. The van der Waals surface area contributed by atoms with Gasteiger partial charge in [-0.15, -0.1) is 0 Å². The summed E-state index contributed by atoms with van der Waals surface area (Å²) in [4.78, 5) is 14.9. The third-order valence-corrected chi connectivity index (χ3v) is 3.09. The number of amides is 1. The Hall–Kier alpha value is -2.54. The number of hydrogen-bond donors (Lipinski definition) is 2. The average Bonchev–Trinajstić information content (AvgIpc) is 2.87. The van der Waals surface area contributed by atoms with Crippen molar-refractivity contribution in [3.05, 3.63) is 42.1 Å². The minimum Gasteiger partial charge on any atom is -0.358 e. The zero-order chi connectivity index (χ0) is 15.2. The van der Waals surface area contributed by atoms with E-state index in [2.05, 4.69) is 16.4 Å². The SMILES string of the molecule is CC(C)CC(=O)Nc1ccc(-c2ccc(CC#N)[nH]2)cc1. The van der Waals surface area contributed by atoms with Gasteiger partial charge in [0.05, 0.1) is 12.5 Å². The van der Waals surface area contributed by atoms with Gasteiger partial charge in [-0.3, -0.25) is 4.79 Å². The highest BCUT2D eigenvalue weighted by Crippen LogP contribution is 2.21. The largest absolute Gasteiger partial charge is 0.358 e. The second kappa shape index (κ2) is 6.76. The van der Waals surface area contributed by atoms with Crippen LogP contribution in [0.15, 0.2) is 36.4 Å². The minimum atomic E-state index is 0.0360. The third kappa shape index (κ3) is 4.22. The molecule has 0 bridgehead atoms. The lowest BCUT2D eigenvalue weighted by molar-refractivity contribution is -0.116. The summed E-state index contributed by atoms with van der Waals surface area (Å²) in [7, 11) is 0. The zero-order valence-corrected chi connectivity index (χ0v) is 12.3. The van der Waals surface area contributed by atoms with Gasteiger partial charge in [-0.1, -0.05) is 26.0 Å². The lowest BCUT2D eigenvalue weighted by Gasteiger charge is -2.07. The van der Waals surface area contributed by atoms with E-state index in [1.165, 1.54) is 0 Å². The average molecular weight is 281 g/mol. The summed E-state index contributed by atoms with van der Waals surface area (Å²) in [6.07, 6.45) is 0.902. The van der Waals surface area contributed by atoms with Crippen molar-refractivity contribution >= 4 is 11.6 Å². The molecule has 0 radical (unpaired) electrons. The van der Waals surface area contributed by atoms with Crippen LogP contribution in [-0.2, 0) is 11.2 Å². The fourth-order valence-electron chi connectivity index (χ4n) is 2.11. The molecule has 1 amide bonds. The van der Waals surface area contributed by atoms with Crippen molar-refractivity contribution in [2.75, 3.05) is 5.32 Å². The molecule has 4 heteroatoms. The van der Waals surface area contributed by atoms with Crippen molar-refractivity contribution in [1.29, 1.82) is 5.26 Å². The van der Waals surface area contributed by atoms with Crippen molar-refractivity contribution in [2.45, 2.75) is 26.7 Å². The number of H-pyrrole nitrogens is 1. The molecular formula is C17H19N3O.